The van der Waals surface area contributed by atoms with Crippen molar-refractivity contribution in [3.63, 3.8) is 0 Å². The summed E-state index contributed by atoms with van der Waals surface area (Å²) in [4.78, 5) is 10.8. The van der Waals surface area contributed by atoms with Crippen LogP contribution in [0.4, 0.5) is 5.69 Å². The largest absolute Gasteiger partial charge is 0.379 e. The number of aromatic nitrogens is 2. The number of nitrogens with one attached hydrogen (secondary N) is 1. The third-order valence-corrected chi connectivity index (χ3v) is 3.65. The third-order valence-electron chi connectivity index (χ3n) is 3.65. The van der Waals surface area contributed by atoms with E-state index in [2.05, 4.69) is 44.5 Å². The van der Waals surface area contributed by atoms with Gasteiger partial charge in [0.1, 0.15) is 0 Å². The van der Waals surface area contributed by atoms with Gasteiger partial charge in [-0.25, -0.2) is 0 Å². The van der Waals surface area contributed by atoms with Crippen LogP contribution in [0.25, 0.3) is 0 Å². The standard InChI is InChI=1S/C16H20N4/c1-2-10-20(9-1)13-14-3-5-15(6-4-14)19-12-16-11-17-7-8-18-16/h3-8,11,19H,1-2,9-10,12-13H2. The van der Waals surface area contributed by atoms with Crippen LogP contribution >= 0.6 is 0 Å². The van der Waals surface area contributed by atoms with Gasteiger partial charge in [-0.2, -0.15) is 0 Å². The van der Waals surface area contributed by atoms with Crippen molar-refractivity contribution in [2.45, 2.75) is 25.9 Å². The zero-order valence-electron chi connectivity index (χ0n) is 11.6. The van der Waals surface area contributed by atoms with Gasteiger partial charge in [0.2, 0.25) is 0 Å². The van der Waals surface area contributed by atoms with Gasteiger partial charge >= 0.3 is 0 Å². The second kappa shape index (κ2) is 6.48. The molecule has 2 heterocycles. The van der Waals surface area contributed by atoms with Crippen molar-refractivity contribution >= 4 is 5.69 Å². The highest BCUT2D eigenvalue weighted by Crippen LogP contribution is 2.15. The first-order valence-corrected chi connectivity index (χ1v) is 7.20. The number of hydrogen-bond donors (Lipinski definition) is 1. The van der Waals surface area contributed by atoms with E-state index in [0.29, 0.717) is 6.54 Å². The summed E-state index contributed by atoms with van der Waals surface area (Å²) in [6.07, 6.45) is 7.89. The monoisotopic (exact) mass is 268 g/mol. The predicted octanol–water partition coefficient (Wildman–Crippen LogP) is 2.68. The summed E-state index contributed by atoms with van der Waals surface area (Å²) in [5, 5.41) is 3.37. The molecule has 0 bridgehead atoms. The third kappa shape index (κ3) is 3.54. The number of anilines is 1. The Morgan fingerprint density at radius 2 is 1.85 bits per heavy atom. The summed E-state index contributed by atoms with van der Waals surface area (Å²) >= 11 is 0. The SMILES string of the molecule is c1cnc(CNc2ccc(CN3CCCC3)cc2)cn1. The molecule has 4 nitrogen and oxygen atoms in total. The van der Waals surface area contributed by atoms with Gasteiger partial charge in [-0.3, -0.25) is 14.9 Å². The molecule has 104 valence electrons. The Labute approximate surface area is 119 Å². The average Bonchev–Trinajstić information content (AvgIpc) is 3.01. The van der Waals surface area contributed by atoms with E-state index in [1.807, 2.05) is 0 Å². The van der Waals surface area contributed by atoms with Crippen LogP contribution in [0.5, 0.6) is 0 Å². The number of nitrogens with zero attached hydrogens (tertiary/aromatic N) is 3. The van der Waals surface area contributed by atoms with Crippen molar-refractivity contribution in [1.29, 1.82) is 0 Å². The highest BCUT2D eigenvalue weighted by atomic mass is 15.1. The van der Waals surface area contributed by atoms with Crippen molar-refractivity contribution < 1.29 is 0 Å². The summed E-state index contributed by atoms with van der Waals surface area (Å²) in [5.74, 6) is 0. The number of likely N-dealkylation sites (tertiary alicyclic amines) is 1. The van der Waals surface area contributed by atoms with Crippen molar-refractivity contribution in [1.82, 2.24) is 14.9 Å². The van der Waals surface area contributed by atoms with Crippen molar-refractivity contribution in [2.75, 3.05) is 18.4 Å². The summed E-state index contributed by atoms with van der Waals surface area (Å²) in [6.45, 7) is 4.27. The Morgan fingerprint density at radius 3 is 2.55 bits per heavy atom. The van der Waals surface area contributed by atoms with E-state index in [1.165, 1.54) is 31.5 Å². The van der Waals surface area contributed by atoms with E-state index >= 15 is 0 Å². The molecular weight excluding hydrogens is 248 g/mol. The first kappa shape index (κ1) is 13.1. The maximum atomic E-state index is 4.25. The molecule has 1 aliphatic heterocycles. The molecule has 1 aliphatic rings. The van der Waals surface area contributed by atoms with Crippen molar-refractivity contribution in [3.8, 4) is 0 Å². The topological polar surface area (TPSA) is 41.1 Å². The maximum absolute atomic E-state index is 4.25. The molecule has 0 radical (unpaired) electrons. The summed E-state index contributed by atoms with van der Waals surface area (Å²) in [6, 6.07) is 8.69. The second-order valence-corrected chi connectivity index (χ2v) is 5.23. The predicted molar refractivity (Wildman–Crippen MR) is 80.3 cm³/mol. The minimum Gasteiger partial charge on any atom is -0.379 e. The molecule has 0 atom stereocenters. The second-order valence-electron chi connectivity index (χ2n) is 5.23. The normalized spacial score (nSPS) is 15.4. The molecule has 0 unspecified atom stereocenters. The lowest BCUT2D eigenvalue weighted by atomic mass is 10.2. The van der Waals surface area contributed by atoms with Gasteiger partial charge in [-0.05, 0) is 43.6 Å². The minimum atomic E-state index is 0.708. The Hall–Kier alpha value is -1.94. The van der Waals surface area contributed by atoms with E-state index in [4.69, 9.17) is 0 Å². The first-order valence-electron chi connectivity index (χ1n) is 7.20. The quantitative estimate of drug-likeness (QED) is 0.905. The molecule has 1 aromatic carbocycles. The van der Waals surface area contributed by atoms with E-state index in [1.54, 1.807) is 18.6 Å². The van der Waals surface area contributed by atoms with E-state index in [9.17, 15) is 0 Å². The molecular formula is C16H20N4. The molecule has 20 heavy (non-hydrogen) atoms. The zero-order valence-corrected chi connectivity index (χ0v) is 11.6. The molecule has 0 amide bonds. The fourth-order valence-corrected chi connectivity index (χ4v) is 2.54. The maximum Gasteiger partial charge on any atom is 0.0777 e. The molecule has 0 aliphatic carbocycles. The van der Waals surface area contributed by atoms with Gasteiger partial charge in [0.25, 0.3) is 0 Å². The van der Waals surface area contributed by atoms with Gasteiger partial charge in [0.05, 0.1) is 18.4 Å². The Bertz CT molecular complexity index is 518. The highest BCUT2D eigenvalue weighted by molar-refractivity contribution is 5.44. The molecule has 1 aromatic heterocycles. The lowest BCUT2D eigenvalue weighted by Crippen LogP contribution is -2.18. The van der Waals surface area contributed by atoms with Gasteiger partial charge < -0.3 is 5.32 Å². The summed E-state index contributed by atoms with van der Waals surface area (Å²) in [5.41, 5.74) is 3.46. The number of hydrogen-bond acceptors (Lipinski definition) is 4. The molecule has 1 fully saturated rings. The van der Waals surface area contributed by atoms with Crippen LogP contribution in [0.1, 0.15) is 24.1 Å². The van der Waals surface area contributed by atoms with E-state index in [-0.39, 0.29) is 0 Å². The van der Waals surface area contributed by atoms with Crippen LogP contribution < -0.4 is 5.32 Å². The molecule has 0 saturated carbocycles. The molecule has 3 rings (SSSR count). The lowest BCUT2D eigenvalue weighted by molar-refractivity contribution is 0.331. The van der Waals surface area contributed by atoms with Gasteiger partial charge in [-0.1, -0.05) is 12.1 Å². The molecule has 1 N–H and O–H groups in total. The van der Waals surface area contributed by atoms with Crippen LogP contribution in [-0.4, -0.2) is 28.0 Å². The number of benzene rings is 1. The molecule has 1 saturated heterocycles. The van der Waals surface area contributed by atoms with Gasteiger partial charge in [0, 0.05) is 24.6 Å². The highest BCUT2D eigenvalue weighted by Gasteiger charge is 2.11. The van der Waals surface area contributed by atoms with Gasteiger partial charge in [0.15, 0.2) is 0 Å². The smallest absolute Gasteiger partial charge is 0.0777 e. The minimum absolute atomic E-state index is 0.708. The first-order chi connectivity index (χ1) is 9.90. The van der Waals surface area contributed by atoms with Crippen molar-refractivity contribution in [2.24, 2.45) is 0 Å². The van der Waals surface area contributed by atoms with Gasteiger partial charge in [-0.15, -0.1) is 0 Å². The van der Waals surface area contributed by atoms with E-state index in [0.717, 1.165) is 17.9 Å². The molecule has 4 heteroatoms. The molecule has 0 spiro atoms. The fraction of sp³-hybridized carbons (Fsp3) is 0.375. The van der Waals surface area contributed by atoms with Crippen molar-refractivity contribution in [3.05, 3.63) is 54.1 Å². The van der Waals surface area contributed by atoms with Crippen LogP contribution in [0, 0.1) is 0 Å². The number of rotatable bonds is 5. The zero-order chi connectivity index (χ0) is 13.6. The van der Waals surface area contributed by atoms with Crippen LogP contribution in [0.15, 0.2) is 42.9 Å². The van der Waals surface area contributed by atoms with Crippen LogP contribution in [0.3, 0.4) is 0 Å². The fourth-order valence-electron chi connectivity index (χ4n) is 2.54. The molecule has 2 aromatic rings. The summed E-state index contributed by atoms with van der Waals surface area (Å²) < 4.78 is 0. The Balaban J connectivity index is 1.53. The average molecular weight is 268 g/mol. The Kier molecular flexibility index (Phi) is 4.23. The van der Waals surface area contributed by atoms with Crippen LogP contribution in [-0.2, 0) is 13.1 Å². The Morgan fingerprint density at radius 1 is 1.05 bits per heavy atom. The van der Waals surface area contributed by atoms with E-state index < -0.39 is 0 Å². The lowest BCUT2D eigenvalue weighted by Gasteiger charge is -2.14. The van der Waals surface area contributed by atoms with Crippen LogP contribution in [0.2, 0.25) is 0 Å². The summed E-state index contributed by atoms with van der Waals surface area (Å²) in [7, 11) is 0.